The zero-order valence-corrected chi connectivity index (χ0v) is 15.4. The lowest BCUT2D eigenvalue weighted by Gasteiger charge is -2.19. The molecule has 1 aliphatic heterocycles. The minimum atomic E-state index is 0.503. The normalized spacial score (nSPS) is 19.4. The van der Waals surface area contributed by atoms with E-state index < -0.39 is 0 Å². The van der Waals surface area contributed by atoms with E-state index in [1.165, 1.54) is 22.7 Å². The first-order chi connectivity index (χ1) is 11.6. The largest absolute Gasteiger partial charge is 0.384 e. The minimum Gasteiger partial charge on any atom is -0.384 e. The van der Waals surface area contributed by atoms with Gasteiger partial charge in [0.2, 0.25) is 0 Å². The molecule has 130 valence electrons. The van der Waals surface area contributed by atoms with Crippen LogP contribution >= 0.6 is 11.3 Å². The van der Waals surface area contributed by atoms with Gasteiger partial charge in [0.15, 0.2) is 0 Å². The van der Waals surface area contributed by atoms with Crippen molar-refractivity contribution in [2.24, 2.45) is 0 Å². The standard InChI is InChI=1S/C18H27N5S/c1-13(2)16-11-21-18(24-16)12-23-8-3-4-14(7-9-23)22-15-5-6-17(19)20-10-15/h5-6,10-11,13-14,22H,3-4,7-9,12H2,1-2H3,(H2,19,20)/t14-/m0/s1. The number of aromatic nitrogens is 2. The summed E-state index contributed by atoms with van der Waals surface area (Å²) in [5, 5.41) is 4.84. The van der Waals surface area contributed by atoms with E-state index >= 15 is 0 Å². The van der Waals surface area contributed by atoms with Gasteiger partial charge in [-0.1, -0.05) is 13.8 Å². The van der Waals surface area contributed by atoms with Gasteiger partial charge in [0, 0.05) is 23.7 Å². The number of nitrogen functional groups attached to an aromatic ring is 1. The van der Waals surface area contributed by atoms with Crippen molar-refractivity contribution < 1.29 is 0 Å². The number of anilines is 2. The fraction of sp³-hybridized carbons (Fsp3) is 0.556. The molecule has 2 aromatic rings. The summed E-state index contributed by atoms with van der Waals surface area (Å²) in [5.41, 5.74) is 6.71. The van der Waals surface area contributed by atoms with Crippen molar-refractivity contribution in [2.45, 2.75) is 51.6 Å². The molecule has 2 aromatic heterocycles. The molecule has 0 spiro atoms. The Bertz CT molecular complexity index is 637. The van der Waals surface area contributed by atoms with Gasteiger partial charge >= 0.3 is 0 Å². The zero-order valence-electron chi connectivity index (χ0n) is 14.5. The first-order valence-corrected chi connectivity index (χ1v) is 9.57. The number of rotatable bonds is 5. The molecular formula is C18H27N5S. The van der Waals surface area contributed by atoms with Crippen LogP contribution < -0.4 is 11.1 Å². The van der Waals surface area contributed by atoms with Crippen LogP contribution in [0.15, 0.2) is 24.5 Å². The minimum absolute atomic E-state index is 0.503. The molecule has 3 rings (SSSR count). The van der Waals surface area contributed by atoms with E-state index in [2.05, 4.69) is 34.0 Å². The Hall–Kier alpha value is -1.66. The third-order valence-electron chi connectivity index (χ3n) is 4.48. The number of nitrogens with zero attached hydrogens (tertiary/aromatic N) is 3. The highest BCUT2D eigenvalue weighted by atomic mass is 32.1. The second kappa shape index (κ2) is 7.94. The molecule has 0 saturated carbocycles. The predicted octanol–water partition coefficient (Wildman–Crippen LogP) is 3.71. The van der Waals surface area contributed by atoms with E-state index in [9.17, 15) is 0 Å². The highest BCUT2D eigenvalue weighted by Crippen LogP contribution is 2.24. The molecule has 1 fully saturated rings. The summed E-state index contributed by atoms with van der Waals surface area (Å²) in [7, 11) is 0. The van der Waals surface area contributed by atoms with E-state index in [1.807, 2.05) is 35.9 Å². The smallest absolute Gasteiger partial charge is 0.123 e. The summed E-state index contributed by atoms with van der Waals surface area (Å²) >= 11 is 1.86. The Morgan fingerprint density at radius 2 is 2.12 bits per heavy atom. The first-order valence-electron chi connectivity index (χ1n) is 8.75. The molecular weight excluding hydrogens is 318 g/mol. The van der Waals surface area contributed by atoms with Crippen molar-refractivity contribution in [1.29, 1.82) is 0 Å². The number of hydrogen-bond acceptors (Lipinski definition) is 6. The van der Waals surface area contributed by atoms with Crippen LogP contribution in [0.2, 0.25) is 0 Å². The Morgan fingerprint density at radius 3 is 2.83 bits per heavy atom. The molecule has 24 heavy (non-hydrogen) atoms. The molecule has 0 bridgehead atoms. The molecule has 3 N–H and O–H groups in total. The average Bonchev–Trinajstić information content (AvgIpc) is 2.92. The van der Waals surface area contributed by atoms with E-state index in [1.54, 1.807) is 0 Å². The molecule has 0 aromatic carbocycles. The van der Waals surface area contributed by atoms with Crippen LogP contribution in [-0.4, -0.2) is 34.0 Å². The summed E-state index contributed by atoms with van der Waals surface area (Å²) in [6, 6.07) is 4.36. The molecule has 5 nitrogen and oxygen atoms in total. The second-order valence-electron chi connectivity index (χ2n) is 6.83. The first kappa shape index (κ1) is 17.2. The molecule has 0 aliphatic carbocycles. The maximum atomic E-state index is 5.65. The van der Waals surface area contributed by atoms with Crippen LogP contribution in [0, 0.1) is 0 Å². The highest BCUT2D eigenvalue weighted by molar-refractivity contribution is 7.11. The molecule has 0 radical (unpaired) electrons. The van der Waals surface area contributed by atoms with Gasteiger partial charge in [-0.05, 0) is 43.9 Å². The maximum absolute atomic E-state index is 5.65. The van der Waals surface area contributed by atoms with Gasteiger partial charge in [0.1, 0.15) is 10.8 Å². The quantitative estimate of drug-likeness (QED) is 0.865. The molecule has 1 aliphatic rings. The van der Waals surface area contributed by atoms with Crippen molar-refractivity contribution in [3.63, 3.8) is 0 Å². The van der Waals surface area contributed by atoms with Crippen molar-refractivity contribution in [3.8, 4) is 0 Å². The van der Waals surface area contributed by atoms with Gasteiger partial charge < -0.3 is 11.1 Å². The summed E-state index contributed by atoms with van der Waals surface area (Å²) < 4.78 is 0. The number of hydrogen-bond donors (Lipinski definition) is 2. The highest BCUT2D eigenvalue weighted by Gasteiger charge is 2.18. The van der Waals surface area contributed by atoms with Crippen LogP contribution in [0.1, 0.15) is 48.9 Å². The van der Waals surface area contributed by atoms with Crippen molar-refractivity contribution in [3.05, 3.63) is 34.4 Å². The van der Waals surface area contributed by atoms with Gasteiger partial charge in [-0.15, -0.1) is 11.3 Å². The molecule has 3 heterocycles. The van der Waals surface area contributed by atoms with Crippen LogP contribution in [0.3, 0.4) is 0 Å². The fourth-order valence-corrected chi connectivity index (χ4v) is 4.01. The number of pyridine rings is 1. The Balaban J connectivity index is 1.51. The van der Waals surface area contributed by atoms with Crippen LogP contribution in [0.25, 0.3) is 0 Å². The van der Waals surface area contributed by atoms with E-state index in [0.717, 1.165) is 31.7 Å². The van der Waals surface area contributed by atoms with E-state index in [0.29, 0.717) is 17.8 Å². The Kier molecular flexibility index (Phi) is 5.68. The Morgan fingerprint density at radius 1 is 1.25 bits per heavy atom. The molecule has 0 amide bonds. The number of nitrogens with two attached hydrogens (primary N) is 1. The van der Waals surface area contributed by atoms with E-state index in [4.69, 9.17) is 5.73 Å². The van der Waals surface area contributed by atoms with Gasteiger partial charge in [-0.2, -0.15) is 0 Å². The maximum Gasteiger partial charge on any atom is 0.123 e. The van der Waals surface area contributed by atoms with Crippen LogP contribution in [-0.2, 0) is 6.54 Å². The summed E-state index contributed by atoms with van der Waals surface area (Å²) in [6.45, 7) is 7.69. The molecule has 1 saturated heterocycles. The second-order valence-corrected chi connectivity index (χ2v) is 7.98. The lowest BCUT2D eigenvalue weighted by Crippen LogP contribution is -2.26. The summed E-state index contributed by atoms with van der Waals surface area (Å²) in [6.07, 6.45) is 7.41. The van der Waals surface area contributed by atoms with Gasteiger partial charge in [-0.3, -0.25) is 4.90 Å². The summed E-state index contributed by atoms with van der Waals surface area (Å²) in [5.74, 6) is 1.14. The van der Waals surface area contributed by atoms with Crippen LogP contribution in [0.5, 0.6) is 0 Å². The van der Waals surface area contributed by atoms with Crippen molar-refractivity contribution in [2.75, 3.05) is 24.1 Å². The van der Waals surface area contributed by atoms with Crippen molar-refractivity contribution >= 4 is 22.8 Å². The molecule has 1 atom stereocenters. The third kappa shape index (κ3) is 4.68. The van der Waals surface area contributed by atoms with Crippen molar-refractivity contribution in [1.82, 2.24) is 14.9 Å². The predicted molar refractivity (Wildman–Crippen MR) is 101 cm³/mol. The molecule has 0 unspecified atom stereocenters. The Labute approximate surface area is 148 Å². The lowest BCUT2D eigenvalue weighted by molar-refractivity contribution is 0.276. The van der Waals surface area contributed by atoms with Gasteiger partial charge in [0.25, 0.3) is 0 Å². The number of thiazole rings is 1. The number of nitrogens with one attached hydrogen (secondary N) is 1. The monoisotopic (exact) mass is 345 g/mol. The van der Waals surface area contributed by atoms with Crippen LogP contribution in [0.4, 0.5) is 11.5 Å². The van der Waals surface area contributed by atoms with Gasteiger partial charge in [-0.25, -0.2) is 9.97 Å². The average molecular weight is 346 g/mol. The SMILES string of the molecule is CC(C)c1cnc(CN2CCC[C@H](Nc3ccc(N)nc3)CC2)s1. The summed E-state index contributed by atoms with van der Waals surface area (Å²) in [4.78, 5) is 12.7. The fourth-order valence-electron chi connectivity index (χ4n) is 3.04. The van der Waals surface area contributed by atoms with Gasteiger partial charge in [0.05, 0.1) is 18.4 Å². The zero-order chi connectivity index (χ0) is 16.9. The third-order valence-corrected chi connectivity index (χ3v) is 5.76. The van der Waals surface area contributed by atoms with E-state index in [-0.39, 0.29) is 0 Å². The number of likely N-dealkylation sites (tertiary alicyclic amines) is 1. The molecule has 6 heteroatoms. The topological polar surface area (TPSA) is 67.1 Å². The lowest BCUT2D eigenvalue weighted by atomic mass is 10.1.